The molecule has 120 valence electrons. The zero-order valence-electron chi connectivity index (χ0n) is 13.5. The highest BCUT2D eigenvalue weighted by molar-refractivity contribution is 5.54. The molecule has 0 fully saturated rings. The van der Waals surface area contributed by atoms with Gasteiger partial charge in [-0.1, -0.05) is 0 Å². The molecule has 0 saturated heterocycles. The van der Waals surface area contributed by atoms with E-state index in [1.54, 1.807) is 20.3 Å². The van der Waals surface area contributed by atoms with Crippen molar-refractivity contribution in [1.29, 1.82) is 0 Å². The molecule has 0 radical (unpaired) electrons. The lowest BCUT2D eigenvalue weighted by Gasteiger charge is -2.31. The first-order valence-corrected chi connectivity index (χ1v) is 7.33. The van der Waals surface area contributed by atoms with Crippen molar-refractivity contribution in [2.45, 2.75) is 26.4 Å². The number of nitrogens with zero attached hydrogens (tertiary/aromatic N) is 1. The smallest absolute Gasteiger partial charge is 0.123 e. The Kier molecular flexibility index (Phi) is 8.27. The van der Waals surface area contributed by atoms with Gasteiger partial charge in [0.1, 0.15) is 5.82 Å². The summed E-state index contributed by atoms with van der Waals surface area (Å²) < 4.78 is 23.7. The fourth-order valence-electron chi connectivity index (χ4n) is 2.22. The molecule has 0 aliphatic rings. The van der Waals surface area contributed by atoms with Crippen molar-refractivity contribution in [2.75, 3.05) is 45.4 Å². The number of hydrogen-bond donors (Lipinski definition) is 1. The molecule has 0 aromatic heterocycles. The van der Waals surface area contributed by atoms with E-state index in [0.717, 1.165) is 24.3 Å². The van der Waals surface area contributed by atoms with Gasteiger partial charge in [-0.15, -0.1) is 0 Å². The molecule has 4 nitrogen and oxygen atoms in total. The van der Waals surface area contributed by atoms with E-state index in [1.807, 2.05) is 6.07 Å². The summed E-state index contributed by atoms with van der Waals surface area (Å²) in [5, 5.41) is 3.27. The van der Waals surface area contributed by atoms with Gasteiger partial charge in [0.2, 0.25) is 0 Å². The third-order valence-electron chi connectivity index (χ3n) is 3.31. The molecule has 21 heavy (non-hydrogen) atoms. The Labute approximate surface area is 127 Å². The molecule has 0 unspecified atom stereocenters. The van der Waals surface area contributed by atoms with Crippen LogP contribution in [0, 0.1) is 5.82 Å². The van der Waals surface area contributed by atoms with Crippen LogP contribution in [0.1, 0.15) is 19.4 Å². The van der Waals surface area contributed by atoms with Gasteiger partial charge in [0, 0.05) is 45.6 Å². The van der Waals surface area contributed by atoms with Crippen molar-refractivity contribution < 1.29 is 13.9 Å². The lowest BCUT2D eigenvalue weighted by Crippen LogP contribution is -2.35. The van der Waals surface area contributed by atoms with Crippen LogP contribution in [0.3, 0.4) is 0 Å². The average molecular weight is 298 g/mol. The Morgan fingerprint density at radius 2 is 1.90 bits per heavy atom. The number of halogens is 1. The maximum Gasteiger partial charge on any atom is 0.123 e. The highest BCUT2D eigenvalue weighted by Crippen LogP contribution is 2.23. The van der Waals surface area contributed by atoms with Crippen LogP contribution in [0.4, 0.5) is 10.1 Å². The van der Waals surface area contributed by atoms with Gasteiger partial charge in [-0.3, -0.25) is 0 Å². The first kappa shape index (κ1) is 17.9. The number of hydrogen-bond acceptors (Lipinski definition) is 4. The lowest BCUT2D eigenvalue weighted by atomic mass is 10.1. The average Bonchev–Trinajstić information content (AvgIpc) is 2.45. The summed E-state index contributed by atoms with van der Waals surface area (Å²) in [7, 11) is 3.36. The highest BCUT2D eigenvalue weighted by atomic mass is 19.1. The van der Waals surface area contributed by atoms with Crippen LogP contribution in [0.25, 0.3) is 0 Å². The van der Waals surface area contributed by atoms with Crippen LogP contribution in [-0.4, -0.2) is 46.6 Å². The summed E-state index contributed by atoms with van der Waals surface area (Å²) in [4.78, 5) is 2.23. The molecule has 0 aliphatic heterocycles. The van der Waals surface area contributed by atoms with Crippen LogP contribution in [-0.2, 0) is 16.0 Å². The molecule has 0 amide bonds. The Hall–Kier alpha value is -1.17. The third-order valence-corrected chi connectivity index (χ3v) is 3.31. The molecular formula is C16H27FN2O2. The van der Waals surface area contributed by atoms with Crippen LogP contribution >= 0.6 is 0 Å². The molecule has 0 saturated carbocycles. The van der Waals surface area contributed by atoms with E-state index in [1.165, 1.54) is 6.07 Å². The van der Waals surface area contributed by atoms with Crippen molar-refractivity contribution in [1.82, 2.24) is 5.32 Å². The van der Waals surface area contributed by atoms with E-state index in [-0.39, 0.29) is 5.82 Å². The zero-order chi connectivity index (χ0) is 15.7. The standard InChI is InChI=1S/C16H27FN2O2/c1-13(2)19(8-10-21-4)16-6-5-15(17)11-14(16)12-18-7-9-20-3/h5-6,11,13,18H,7-10,12H2,1-4H3. The van der Waals surface area contributed by atoms with E-state index in [4.69, 9.17) is 9.47 Å². The fourth-order valence-corrected chi connectivity index (χ4v) is 2.22. The molecule has 0 atom stereocenters. The van der Waals surface area contributed by atoms with Gasteiger partial charge in [0.05, 0.1) is 13.2 Å². The van der Waals surface area contributed by atoms with Crippen LogP contribution in [0.5, 0.6) is 0 Å². The predicted octanol–water partition coefficient (Wildman–Crippen LogP) is 2.42. The Morgan fingerprint density at radius 3 is 2.52 bits per heavy atom. The van der Waals surface area contributed by atoms with E-state index < -0.39 is 0 Å². The molecular weight excluding hydrogens is 271 g/mol. The molecule has 0 aliphatic carbocycles. The summed E-state index contributed by atoms with van der Waals surface area (Å²) in [6.07, 6.45) is 0. The second-order valence-corrected chi connectivity index (χ2v) is 5.22. The quantitative estimate of drug-likeness (QED) is 0.673. The number of nitrogens with one attached hydrogen (secondary N) is 1. The van der Waals surface area contributed by atoms with Crippen molar-refractivity contribution >= 4 is 5.69 Å². The van der Waals surface area contributed by atoms with E-state index in [2.05, 4.69) is 24.1 Å². The van der Waals surface area contributed by atoms with Crippen molar-refractivity contribution in [3.8, 4) is 0 Å². The van der Waals surface area contributed by atoms with Crippen molar-refractivity contribution in [3.63, 3.8) is 0 Å². The normalized spacial score (nSPS) is 11.1. The molecule has 1 N–H and O–H groups in total. The minimum absolute atomic E-state index is 0.210. The highest BCUT2D eigenvalue weighted by Gasteiger charge is 2.14. The number of anilines is 1. The van der Waals surface area contributed by atoms with Gasteiger partial charge in [0.15, 0.2) is 0 Å². The first-order valence-electron chi connectivity index (χ1n) is 7.33. The van der Waals surface area contributed by atoms with Crippen LogP contribution in [0.15, 0.2) is 18.2 Å². The van der Waals surface area contributed by atoms with Crippen molar-refractivity contribution in [2.24, 2.45) is 0 Å². The number of methoxy groups -OCH3 is 2. The van der Waals surface area contributed by atoms with Crippen molar-refractivity contribution in [3.05, 3.63) is 29.6 Å². The van der Waals surface area contributed by atoms with Gasteiger partial charge >= 0.3 is 0 Å². The van der Waals surface area contributed by atoms with Gasteiger partial charge in [-0.2, -0.15) is 0 Å². The largest absolute Gasteiger partial charge is 0.383 e. The summed E-state index contributed by atoms with van der Waals surface area (Å²) in [6.45, 7) is 7.68. The molecule has 0 spiro atoms. The topological polar surface area (TPSA) is 33.7 Å². The van der Waals surface area contributed by atoms with E-state index >= 15 is 0 Å². The molecule has 0 heterocycles. The van der Waals surface area contributed by atoms with Gasteiger partial charge in [-0.25, -0.2) is 4.39 Å². The lowest BCUT2D eigenvalue weighted by molar-refractivity contribution is 0.199. The van der Waals surface area contributed by atoms with Gasteiger partial charge < -0.3 is 19.7 Å². The summed E-state index contributed by atoms with van der Waals surface area (Å²) >= 11 is 0. The first-order chi connectivity index (χ1) is 10.1. The Morgan fingerprint density at radius 1 is 1.19 bits per heavy atom. The van der Waals surface area contributed by atoms with E-state index in [0.29, 0.717) is 25.8 Å². The maximum atomic E-state index is 13.5. The van der Waals surface area contributed by atoms with Gasteiger partial charge in [0.25, 0.3) is 0 Å². The maximum absolute atomic E-state index is 13.5. The van der Waals surface area contributed by atoms with Gasteiger partial charge in [-0.05, 0) is 37.6 Å². The SMILES string of the molecule is COCCNCc1cc(F)ccc1N(CCOC)C(C)C. The summed E-state index contributed by atoms with van der Waals surface area (Å²) in [5.41, 5.74) is 2.00. The Bertz CT molecular complexity index is 413. The predicted molar refractivity (Wildman–Crippen MR) is 84.3 cm³/mol. The molecule has 1 aromatic rings. The monoisotopic (exact) mass is 298 g/mol. The molecule has 0 bridgehead atoms. The minimum Gasteiger partial charge on any atom is -0.383 e. The fraction of sp³-hybridized carbons (Fsp3) is 0.625. The third kappa shape index (κ3) is 5.99. The second kappa shape index (κ2) is 9.71. The Balaban J connectivity index is 2.86. The number of benzene rings is 1. The second-order valence-electron chi connectivity index (χ2n) is 5.22. The molecule has 1 rings (SSSR count). The number of ether oxygens (including phenoxy) is 2. The zero-order valence-corrected chi connectivity index (χ0v) is 13.5. The molecule has 1 aromatic carbocycles. The van der Waals surface area contributed by atoms with Crippen LogP contribution < -0.4 is 10.2 Å². The summed E-state index contributed by atoms with van der Waals surface area (Å²) in [5.74, 6) is -0.210. The minimum atomic E-state index is -0.210. The molecule has 5 heteroatoms. The summed E-state index contributed by atoms with van der Waals surface area (Å²) in [6, 6.07) is 5.27. The van der Waals surface area contributed by atoms with Crippen LogP contribution in [0.2, 0.25) is 0 Å². The van der Waals surface area contributed by atoms with E-state index in [9.17, 15) is 4.39 Å². The number of rotatable bonds is 10.